The van der Waals surface area contributed by atoms with Gasteiger partial charge in [-0.15, -0.1) is 11.3 Å². The normalized spacial score (nSPS) is 22.0. The second-order valence-corrected chi connectivity index (χ2v) is 13.0. The molecule has 5 heterocycles. The molecule has 216 valence electrons. The zero-order valence-electron chi connectivity index (χ0n) is 24.0. The van der Waals surface area contributed by atoms with Gasteiger partial charge in [0.05, 0.1) is 47.7 Å². The number of hydrogen-bond acceptors (Lipinski definition) is 9. The van der Waals surface area contributed by atoms with Gasteiger partial charge in [-0.1, -0.05) is 0 Å². The first-order valence-corrected chi connectivity index (χ1v) is 15.6. The van der Waals surface area contributed by atoms with Crippen LogP contribution in [0.15, 0.2) is 24.7 Å². The molecule has 0 spiro atoms. The number of anilines is 3. The number of carbonyl (C=O) groups is 1. The van der Waals surface area contributed by atoms with Crippen LogP contribution in [-0.4, -0.2) is 94.9 Å². The predicted molar refractivity (Wildman–Crippen MR) is 163 cm³/mol. The lowest BCUT2D eigenvalue weighted by molar-refractivity contribution is -0.143. The summed E-state index contributed by atoms with van der Waals surface area (Å²) >= 11 is 1.72. The third-order valence-corrected chi connectivity index (χ3v) is 10.4. The summed E-state index contributed by atoms with van der Waals surface area (Å²) in [6.45, 7) is 6.02. The summed E-state index contributed by atoms with van der Waals surface area (Å²) in [5, 5.41) is 13.3. The molecule has 7 rings (SSSR count). The van der Waals surface area contributed by atoms with Crippen LogP contribution < -0.4 is 10.2 Å². The van der Waals surface area contributed by atoms with Crippen molar-refractivity contribution in [1.29, 1.82) is 0 Å². The second-order valence-electron chi connectivity index (χ2n) is 11.9. The number of morpholine rings is 1. The SMILES string of the molecule is C[C@H]1COCCN1C(=O)[C@H]1CCc2c(sc3ncnc(Nc4cc5cn[nH]c5cc4N4CCC(N(C)C)CC4)c23)C1. The molecule has 10 nitrogen and oxygen atoms in total. The molecule has 1 amide bonds. The van der Waals surface area contributed by atoms with Crippen molar-refractivity contribution in [3.63, 3.8) is 0 Å². The number of fused-ring (bicyclic) bond motifs is 4. The largest absolute Gasteiger partial charge is 0.377 e. The molecule has 2 aliphatic heterocycles. The maximum Gasteiger partial charge on any atom is 0.226 e. The second kappa shape index (κ2) is 10.8. The Bertz CT molecular complexity index is 1570. The van der Waals surface area contributed by atoms with Gasteiger partial charge in [0.15, 0.2) is 0 Å². The summed E-state index contributed by atoms with van der Waals surface area (Å²) in [6.07, 6.45) is 8.27. The van der Waals surface area contributed by atoms with E-state index >= 15 is 0 Å². The Morgan fingerprint density at radius 3 is 2.83 bits per heavy atom. The molecule has 1 aromatic carbocycles. The molecule has 2 N–H and O–H groups in total. The van der Waals surface area contributed by atoms with E-state index in [0.29, 0.717) is 25.8 Å². The van der Waals surface area contributed by atoms with Gasteiger partial charge in [0.2, 0.25) is 5.91 Å². The lowest BCUT2D eigenvalue weighted by Crippen LogP contribution is -2.50. The van der Waals surface area contributed by atoms with Crippen LogP contribution in [0.5, 0.6) is 0 Å². The molecule has 2 saturated heterocycles. The molecule has 3 aliphatic rings. The standard InChI is InChI=1S/C30H38N8O2S/c1-18-16-40-11-10-38(18)30(39)19-4-5-22-26(13-19)41-29-27(22)28(31-17-32-29)34-24-12-20-15-33-35-23(20)14-25(24)37-8-6-21(7-9-37)36(2)3/h12,14-15,17-19,21H,4-11,13,16H2,1-3H3,(H,33,35)(H,31,32,34)/t18-,19-/m0/s1. The van der Waals surface area contributed by atoms with Gasteiger partial charge in [-0.05, 0) is 70.8 Å². The Balaban J connectivity index is 1.19. The molecule has 3 aromatic heterocycles. The average molecular weight is 575 g/mol. The van der Waals surface area contributed by atoms with Gasteiger partial charge in [-0.2, -0.15) is 5.10 Å². The number of ether oxygens (including phenoxy) is 1. The number of nitrogens with zero attached hydrogens (tertiary/aromatic N) is 6. The number of amides is 1. The third-order valence-electron chi connectivity index (χ3n) is 9.19. The Hall–Kier alpha value is -3.28. The van der Waals surface area contributed by atoms with E-state index in [-0.39, 0.29) is 17.9 Å². The molecular formula is C30H38N8O2S. The summed E-state index contributed by atoms with van der Waals surface area (Å²) in [5.74, 6) is 1.12. The van der Waals surface area contributed by atoms with E-state index in [2.05, 4.69) is 63.4 Å². The van der Waals surface area contributed by atoms with Crippen LogP contribution in [0.4, 0.5) is 17.2 Å². The first kappa shape index (κ1) is 26.6. The van der Waals surface area contributed by atoms with E-state index < -0.39 is 0 Å². The van der Waals surface area contributed by atoms with Crippen molar-refractivity contribution < 1.29 is 9.53 Å². The summed E-state index contributed by atoms with van der Waals surface area (Å²) in [7, 11) is 4.35. The van der Waals surface area contributed by atoms with Crippen molar-refractivity contribution in [2.75, 3.05) is 57.2 Å². The predicted octanol–water partition coefficient (Wildman–Crippen LogP) is 4.19. The zero-order valence-corrected chi connectivity index (χ0v) is 24.8. The number of thiophene rings is 1. The molecule has 0 radical (unpaired) electrons. The number of H-pyrrole nitrogens is 1. The number of aromatic nitrogens is 4. The minimum atomic E-state index is 0.0145. The molecule has 41 heavy (non-hydrogen) atoms. The lowest BCUT2D eigenvalue weighted by Gasteiger charge is -2.37. The number of carbonyl (C=O) groups excluding carboxylic acids is 1. The highest BCUT2D eigenvalue weighted by Gasteiger charge is 2.34. The minimum Gasteiger partial charge on any atom is -0.377 e. The van der Waals surface area contributed by atoms with Crippen LogP contribution in [0.1, 0.15) is 36.6 Å². The maximum atomic E-state index is 13.4. The van der Waals surface area contributed by atoms with Gasteiger partial charge in [-0.3, -0.25) is 9.89 Å². The number of aromatic amines is 1. The number of hydrogen-bond donors (Lipinski definition) is 2. The highest BCUT2D eigenvalue weighted by atomic mass is 32.1. The van der Waals surface area contributed by atoms with Crippen LogP contribution in [0, 0.1) is 5.92 Å². The van der Waals surface area contributed by atoms with E-state index in [4.69, 9.17) is 9.72 Å². The van der Waals surface area contributed by atoms with E-state index in [9.17, 15) is 4.79 Å². The van der Waals surface area contributed by atoms with Crippen molar-refractivity contribution in [3.05, 3.63) is 35.1 Å². The minimum absolute atomic E-state index is 0.0145. The lowest BCUT2D eigenvalue weighted by atomic mass is 9.86. The summed E-state index contributed by atoms with van der Waals surface area (Å²) in [5.41, 5.74) is 4.53. The number of rotatable bonds is 5. The van der Waals surface area contributed by atoms with Crippen LogP contribution in [0.2, 0.25) is 0 Å². The fourth-order valence-corrected chi connectivity index (χ4v) is 8.06. The van der Waals surface area contributed by atoms with E-state index in [1.54, 1.807) is 17.7 Å². The summed E-state index contributed by atoms with van der Waals surface area (Å²) in [4.78, 5) is 32.0. The van der Waals surface area contributed by atoms with Crippen LogP contribution in [0.3, 0.4) is 0 Å². The van der Waals surface area contributed by atoms with Crippen molar-refractivity contribution in [1.82, 2.24) is 30.0 Å². The molecule has 0 saturated carbocycles. The molecule has 4 aromatic rings. The fourth-order valence-electron chi connectivity index (χ4n) is 6.80. The number of aryl methyl sites for hydroxylation is 1. The van der Waals surface area contributed by atoms with E-state index in [1.807, 2.05) is 11.1 Å². The average Bonchev–Trinajstić information content (AvgIpc) is 3.60. The van der Waals surface area contributed by atoms with Crippen molar-refractivity contribution >= 4 is 55.6 Å². The number of benzene rings is 1. The summed E-state index contributed by atoms with van der Waals surface area (Å²) < 4.78 is 5.56. The van der Waals surface area contributed by atoms with Gasteiger partial charge in [0.25, 0.3) is 0 Å². The van der Waals surface area contributed by atoms with Crippen molar-refractivity contribution in [3.8, 4) is 0 Å². The molecular weight excluding hydrogens is 536 g/mol. The Morgan fingerprint density at radius 2 is 2.02 bits per heavy atom. The molecule has 2 atom stereocenters. The monoisotopic (exact) mass is 574 g/mol. The fraction of sp³-hybridized carbons (Fsp3) is 0.533. The van der Waals surface area contributed by atoms with Crippen LogP contribution in [0.25, 0.3) is 21.1 Å². The first-order chi connectivity index (χ1) is 20.0. The highest BCUT2D eigenvalue weighted by Crippen LogP contribution is 2.42. The zero-order chi connectivity index (χ0) is 28.1. The van der Waals surface area contributed by atoms with Crippen LogP contribution >= 0.6 is 11.3 Å². The Kier molecular flexibility index (Phi) is 7.04. The Labute approximate surface area is 244 Å². The maximum absolute atomic E-state index is 13.4. The van der Waals surface area contributed by atoms with Crippen LogP contribution in [-0.2, 0) is 22.4 Å². The molecule has 0 bridgehead atoms. The third kappa shape index (κ3) is 4.93. The summed E-state index contributed by atoms with van der Waals surface area (Å²) in [6, 6.07) is 5.14. The van der Waals surface area contributed by atoms with E-state index in [1.165, 1.54) is 16.1 Å². The van der Waals surface area contributed by atoms with Crippen molar-refractivity contribution in [2.24, 2.45) is 5.92 Å². The topological polar surface area (TPSA) is 103 Å². The number of nitrogens with one attached hydrogen (secondary N) is 2. The molecule has 1 aliphatic carbocycles. The quantitative estimate of drug-likeness (QED) is 0.366. The Morgan fingerprint density at radius 1 is 1.17 bits per heavy atom. The highest BCUT2D eigenvalue weighted by molar-refractivity contribution is 7.19. The van der Waals surface area contributed by atoms with Gasteiger partial charge >= 0.3 is 0 Å². The van der Waals surface area contributed by atoms with Gasteiger partial charge in [0, 0.05) is 41.9 Å². The smallest absolute Gasteiger partial charge is 0.226 e. The van der Waals surface area contributed by atoms with Crippen molar-refractivity contribution in [2.45, 2.75) is 51.1 Å². The first-order valence-electron chi connectivity index (χ1n) is 14.7. The van der Waals surface area contributed by atoms with Gasteiger partial charge in [-0.25, -0.2) is 9.97 Å². The van der Waals surface area contributed by atoms with Gasteiger partial charge in [0.1, 0.15) is 17.0 Å². The molecule has 2 fully saturated rings. The van der Waals surface area contributed by atoms with E-state index in [0.717, 1.165) is 77.8 Å². The molecule has 11 heteroatoms. The number of piperidine rings is 1. The molecule has 0 unspecified atom stereocenters. The van der Waals surface area contributed by atoms with Gasteiger partial charge < -0.3 is 24.8 Å².